The molecule has 0 radical (unpaired) electrons. The van der Waals surface area contributed by atoms with E-state index >= 15 is 0 Å². The number of nitrogens with zero attached hydrogens (tertiary/aromatic N) is 4. The Hall–Kier alpha value is -3.86. The summed E-state index contributed by atoms with van der Waals surface area (Å²) in [4.78, 5) is 29.3. The number of rotatable bonds is 5. The number of H-pyrrole nitrogens is 1. The lowest BCUT2D eigenvalue weighted by molar-refractivity contribution is 0.0996. The van der Waals surface area contributed by atoms with Gasteiger partial charge in [0.25, 0.3) is 11.8 Å². The molecule has 4 rings (SSSR count). The molecule has 0 saturated heterocycles. The van der Waals surface area contributed by atoms with Gasteiger partial charge in [0.15, 0.2) is 11.5 Å². The van der Waals surface area contributed by atoms with Gasteiger partial charge in [-0.15, -0.1) is 16.4 Å². The van der Waals surface area contributed by atoms with E-state index in [2.05, 4.69) is 25.6 Å². The number of hydrogen-bond donors (Lipinski definition) is 3. The molecule has 0 spiro atoms. The van der Waals surface area contributed by atoms with Crippen LogP contribution >= 0.6 is 11.3 Å². The molecule has 0 atom stereocenters. The number of aromatic nitrogens is 5. The molecule has 0 aliphatic carbocycles. The zero-order valence-electron chi connectivity index (χ0n) is 15.0. The molecule has 3 aromatic heterocycles. The van der Waals surface area contributed by atoms with Crippen molar-refractivity contribution in [3.63, 3.8) is 0 Å². The third kappa shape index (κ3) is 3.50. The number of benzene rings is 1. The minimum Gasteiger partial charge on any atom is -0.364 e. The molecule has 146 valence electrons. The normalized spacial score (nSPS) is 10.8. The van der Waals surface area contributed by atoms with Crippen molar-refractivity contribution in [2.75, 3.05) is 5.32 Å². The summed E-state index contributed by atoms with van der Waals surface area (Å²) in [5, 5.41) is 15.0. The third-order valence-electron chi connectivity index (χ3n) is 4.02. The summed E-state index contributed by atoms with van der Waals surface area (Å²) >= 11 is 1.40. The van der Waals surface area contributed by atoms with Crippen LogP contribution in [0, 0.1) is 12.7 Å². The van der Waals surface area contributed by atoms with Crippen molar-refractivity contribution in [2.24, 2.45) is 5.73 Å². The molecular weight excluding hydrogens is 397 g/mol. The van der Waals surface area contributed by atoms with Crippen molar-refractivity contribution in [3.05, 3.63) is 64.8 Å². The highest BCUT2D eigenvalue weighted by Crippen LogP contribution is 2.26. The van der Waals surface area contributed by atoms with Crippen LogP contribution in [0.5, 0.6) is 0 Å². The van der Waals surface area contributed by atoms with Crippen molar-refractivity contribution in [1.29, 1.82) is 0 Å². The Balaban J connectivity index is 1.75. The number of nitrogens with one attached hydrogen (secondary N) is 2. The maximum Gasteiger partial charge on any atom is 0.295 e. The highest BCUT2D eigenvalue weighted by atomic mass is 32.1. The fourth-order valence-corrected chi connectivity index (χ4v) is 3.39. The molecule has 1 aromatic carbocycles. The maximum absolute atomic E-state index is 13.7. The lowest BCUT2D eigenvalue weighted by Gasteiger charge is -2.04. The Morgan fingerprint density at radius 2 is 2.10 bits per heavy atom. The summed E-state index contributed by atoms with van der Waals surface area (Å²) in [5.41, 5.74) is 6.21. The number of primary amides is 1. The van der Waals surface area contributed by atoms with Crippen LogP contribution in [0.4, 0.5) is 10.1 Å². The van der Waals surface area contributed by atoms with Gasteiger partial charge in [-0.3, -0.25) is 14.7 Å². The fraction of sp³-hybridized carbons (Fsp3) is 0.0556. The first kappa shape index (κ1) is 18.5. The van der Waals surface area contributed by atoms with Crippen LogP contribution in [-0.2, 0) is 0 Å². The van der Waals surface area contributed by atoms with Gasteiger partial charge >= 0.3 is 0 Å². The van der Waals surface area contributed by atoms with E-state index in [0.29, 0.717) is 17.2 Å². The number of amides is 2. The van der Waals surface area contributed by atoms with Gasteiger partial charge in [-0.25, -0.2) is 14.1 Å². The number of halogens is 1. The van der Waals surface area contributed by atoms with Gasteiger partial charge in [-0.05, 0) is 36.6 Å². The second-order valence-electron chi connectivity index (χ2n) is 6.02. The van der Waals surface area contributed by atoms with Gasteiger partial charge in [-0.1, -0.05) is 12.1 Å². The Labute approximate surface area is 167 Å². The summed E-state index contributed by atoms with van der Waals surface area (Å²) in [6.07, 6.45) is 0. The van der Waals surface area contributed by atoms with E-state index in [9.17, 15) is 14.0 Å². The Morgan fingerprint density at radius 1 is 1.28 bits per heavy atom. The van der Waals surface area contributed by atoms with E-state index in [4.69, 9.17) is 5.73 Å². The van der Waals surface area contributed by atoms with Crippen LogP contribution in [-0.4, -0.2) is 36.8 Å². The quantitative estimate of drug-likeness (QED) is 0.464. The Kier molecular flexibility index (Phi) is 4.64. The average Bonchev–Trinajstić information content (AvgIpc) is 3.41. The summed E-state index contributed by atoms with van der Waals surface area (Å²) < 4.78 is 15.1. The van der Waals surface area contributed by atoms with E-state index in [1.54, 1.807) is 13.0 Å². The van der Waals surface area contributed by atoms with Gasteiger partial charge in [0, 0.05) is 0 Å². The number of aryl methyl sites for hydroxylation is 1. The number of carbonyl (C=O) groups is 2. The molecule has 0 aliphatic rings. The minimum absolute atomic E-state index is 0.0982. The molecule has 4 N–H and O–H groups in total. The lowest BCUT2D eigenvalue weighted by atomic mass is 10.3. The van der Waals surface area contributed by atoms with Gasteiger partial charge in [0.1, 0.15) is 5.82 Å². The highest BCUT2D eigenvalue weighted by molar-refractivity contribution is 7.13. The molecule has 0 bridgehead atoms. The van der Waals surface area contributed by atoms with Crippen molar-refractivity contribution in [3.8, 4) is 16.4 Å². The molecule has 0 saturated carbocycles. The molecule has 29 heavy (non-hydrogen) atoms. The van der Waals surface area contributed by atoms with E-state index in [0.717, 1.165) is 4.88 Å². The smallest absolute Gasteiger partial charge is 0.295 e. The molecule has 9 nitrogen and oxygen atoms in total. The van der Waals surface area contributed by atoms with E-state index in [-0.39, 0.29) is 17.2 Å². The van der Waals surface area contributed by atoms with Crippen LogP contribution in [0.1, 0.15) is 26.8 Å². The molecule has 4 aromatic rings. The van der Waals surface area contributed by atoms with Gasteiger partial charge in [0.2, 0.25) is 5.82 Å². The summed E-state index contributed by atoms with van der Waals surface area (Å²) in [6, 6.07) is 9.45. The number of thiophene rings is 1. The van der Waals surface area contributed by atoms with Crippen molar-refractivity contribution in [1.82, 2.24) is 25.0 Å². The zero-order chi connectivity index (χ0) is 20.5. The number of nitrogens with two attached hydrogens (primary N) is 1. The second-order valence-corrected chi connectivity index (χ2v) is 6.97. The lowest BCUT2D eigenvalue weighted by Crippen LogP contribution is -2.19. The van der Waals surface area contributed by atoms with Crippen LogP contribution in [0.3, 0.4) is 0 Å². The first-order chi connectivity index (χ1) is 13.9. The second kappa shape index (κ2) is 7.28. The number of anilines is 1. The molecule has 0 aliphatic heterocycles. The third-order valence-corrected chi connectivity index (χ3v) is 4.89. The van der Waals surface area contributed by atoms with Gasteiger partial charge in [-0.2, -0.15) is 5.10 Å². The van der Waals surface area contributed by atoms with E-state index in [1.165, 1.54) is 34.2 Å². The van der Waals surface area contributed by atoms with Crippen LogP contribution in [0.15, 0.2) is 41.8 Å². The first-order valence-corrected chi connectivity index (χ1v) is 9.25. The van der Waals surface area contributed by atoms with Crippen LogP contribution < -0.4 is 11.1 Å². The van der Waals surface area contributed by atoms with E-state index < -0.39 is 17.6 Å². The van der Waals surface area contributed by atoms with Crippen LogP contribution in [0.2, 0.25) is 0 Å². The first-order valence-electron chi connectivity index (χ1n) is 8.37. The molecule has 2 amide bonds. The summed E-state index contributed by atoms with van der Waals surface area (Å²) in [5.74, 6) is -1.67. The van der Waals surface area contributed by atoms with Gasteiger partial charge < -0.3 is 11.1 Å². The standard InChI is InChI=1S/C18H14FN7O2S/c1-9-13(14(15(20)27)24-23-9)21-18(28)16-22-17(12-6-3-7-29-12)26(25-16)11-5-2-4-10(19)8-11/h2-8H,1H3,(H2,20,27)(H,21,28)(H,23,24). The molecule has 11 heteroatoms. The Bertz CT molecular complexity index is 1210. The van der Waals surface area contributed by atoms with Crippen molar-refractivity contribution < 1.29 is 14.0 Å². The SMILES string of the molecule is Cc1[nH]nc(C(N)=O)c1NC(=O)c1nc(-c2cccs2)n(-c2cccc(F)c2)n1. The minimum atomic E-state index is -0.790. The predicted octanol–water partition coefficient (Wildman–Crippen LogP) is 2.52. The van der Waals surface area contributed by atoms with Crippen molar-refractivity contribution in [2.45, 2.75) is 6.92 Å². The zero-order valence-corrected chi connectivity index (χ0v) is 15.8. The van der Waals surface area contributed by atoms with Crippen molar-refractivity contribution >= 4 is 28.8 Å². The molecular formula is C18H14FN7O2S. The Morgan fingerprint density at radius 3 is 2.79 bits per heavy atom. The molecule has 3 heterocycles. The maximum atomic E-state index is 13.7. The topological polar surface area (TPSA) is 132 Å². The monoisotopic (exact) mass is 411 g/mol. The highest BCUT2D eigenvalue weighted by Gasteiger charge is 2.23. The number of carbonyl (C=O) groups excluding carboxylic acids is 2. The fourth-order valence-electron chi connectivity index (χ4n) is 2.69. The largest absolute Gasteiger partial charge is 0.364 e. The number of aromatic amines is 1. The summed E-state index contributed by atoms with van der Waals surface area (Å²) in [7, 11) is 0. The average molecular weight is 411 g/mol. The molecule has 0 unspecified atom stereocenters. The van der Waals surface area contributed by atoms with Crippen LogP contribution in [0.25, 0.3) is 16.4 Å². The van der Waals surface area contributed by atoms with Gasteiger partial charge in [0.05, 0.1) is 21.9 Å². The van der Waals surface area contributed by atoms with E-state index in [1.807, 2.05) is 17.5 Å². The summed E-state index contributed by atoms with van der Waals surface area (Å²) in [6.45, 7) is 1.63. The predicted molar refractivity (Wildman–Crippen MR) is 104 cm³/mol. The molecule has 0 fully saturated rings. The number of hydrogen-bond acceptors (Lipinski definition) is 6.